The van der Waals surface area contributed by atoms with Gasteiger partial charge in [-0.1, -0.05) is 20.3 Å². The Kier molecular flexibility index (Phi) is 3.36. The van der Waals surface area contributed by atoms with Crippen LogP contribution in [0.2, 0.25) is 0 Å². The third-order valence-electron chi connectivity index (χ3n) is 3.51. The second-order valence-electron chi connectivity index (χ2n) is 5.01. The molecule has 13 heavy (non-hydrogen) atoms. The lowest BCUT2D eigenvalue weighted by Crippen LogP contribution is -2.48. The van der Waals surface area contributed by atoms with Gasteiger partial charge < -0.3 is 10.0 Å². The Morgan fingerprint density at radius 1 is 1.46 bits per heavy atom. The topological polar surface area (TPSA) is 23.5 Å². The minimum atomic E-state index is -0.537. The lowest BCUT2D eigenvalue weighted by molar-refractivity contribution is -0.0300. The SMILES string of the molecule is CC(C)C(C)(O)CN(C)C1CCC1. The third-order valence-corrected chi connectivity index (χ3v) is 3.51. The quantitative estimate of drug-likeness (QED) is 0.723. The summed E-state index contributed by atoms with van der Waals surface area (Å²) in [4.78, 5) is 2.31. The van der Waals surface area contributed by atoms with Crippen molar-refractivity contribution in [2.75, 3.05) is 13.6 Å². The molecule has 1 N–H and O–H groups in total. The van der Waals surface area contributed by atoms with E-state index in [0.29, 0.717) is 5.92 Å². The number of rotatable bonds is 4. The van der Waals surface area contributed by atoms with E-state index in [1.165, 1.54) is 19.3 Å². The Labute approximate surface area is 81.9 Å². The Hall–Kier alpha value is -0.0800. The summed E-state index contributed by atoms with van der Waals surface area (Å²) in [5.74, 6) is 0.329. The highest BCUT2D eigenvalue weighted by atomic mass is 16.3. The van der Waals surface area contributed by atoms with Crippen LogP contribution in [0.3, 0.4) is 0 Å². The van der Waals surface area contributed by atoms with E-state index >= 15 is 0 Å². The molecule has 0 aromatic heterocycles. The van der Waals surface area contributed by atoms with Crippen LogP contribution in [0.15, 0.2) is 0 Å². The van der Waals surface area contributed by atoms with E-state index in [4.69, 9.17) is 0 Å². The van der Waals surface area contributed by atoms with Crippen LogP contribution < -0.4 is 0 Å². The maximum Gasteiger partial charge on any atom is 0.0768 e. The van der Waals surface area contributed by atoms with Crippen molar-refractivity contribution in [3.63, 3.8) is 0 Å². The minimum Gasteiger partial charge on any atom is -0.389 e. The number of nitrogens with zero attached hydrogens (tertiary/aromatic N) is 1. The molecule has 0 aromatic carbocycles. The first-order valence-electron chi connectivity index (χ1n) is 5.36. The highest BCUT2D eigenvalue weighted by Gasteiger charge is 2.30. The van der Waals surface area contributed by atoms with Crippen LogP contribution >= 0.6 is 0 Å². The van der Waals surface area contributed by atoms with E-state index in [1.54, 1.807) is 0 Å². The molecule has 0 amide bonds. The molecule has 0 spiro atoms. The molecule has 0 radical (unpaired) electrons. The van der Waals surface area contributed by atoms with Gasteiger partial charge in [-0.05, 0) is 32.7 Å². The molecule has 2 nitrogen and oxygen atoms in total. The van der Waals surface area contributed by atoms with Gasteiger partial charge in [0.25, 0.3) is 0 Å². The van der Waals surface area contributed by atoms with Gasteiger partial charge in [-0.3, -0.25) is 0 Å². The third kappa shape index (κ3) is 2.68. The molecule has 1 atom stereocenters. The van der Waals surface area contributed by atoms with Gasteiger partial charge in [-0.25, -0.2) is 0 Å². The Bertz CT molecular complexity index is 161. The average molecular weight is 185 g/mol. The van der Waals surface area contributed by atoms with Crippen molar-refractivity contribution in [3.8, 4) is 0 Å². The number of aliphatic hydroxyl groups is 1. The van der Waals surface area contributed by atoms with E-state index in [2.05, 4.69) is 25.8 Å². The number of hydrogen-bond donors (Lipinski definition) is 1. The zero-order valence-corrected chi connectivity index (χ0v) is 9.38. The Balaban J connectivity index is 2.37. The lowest BCUT2D eigenvalue weighted by atomic mass is 9.88. The first-order valence-corrected chi connectivity index (χ1v) is 5.36. The molecule has 0 bridgehead atoms. The van der Waals surface area contributed by atoms with Gasteiger partial charge in [0.1, 0.15) is 0 Å². The standard InChI is InChI=1S/C11H23NO/c1-9(2)11(3,13)8-12(4)10-6-5-7-10/h9-10,13H,5-8H2,1-4H3. The van der Waals surface area contributed by atoms with Crippen LogP contribution in [0, 0.1) is 5.92 Å². The predicted molar refractivity (Wildman–Crippen MR) is 55.7 cm³/mol. The normalized spacial score (nSPS) is 23.3. The fraction of sp³-hybridized carbons (Fsp3) is 1.00. The molecule has 1 fully saturated rings. The summed E-state index contributed by atoms with van der Waals surface area (Å²) >= 11 is 0. The summed E-state index contributed by atoms with van der Waals surface area (Å²) < 4.78 is 0. The first kappa shape index (κ1) is 11.0. The predicted octanol–water partition coefficient (Wildman–Crippen LogP) is 1.88. The zero-order valence-electron chi connectivity index (χ0n) is 9.38. The van der Waals surface area contributed by atoms with Gasteiger partial charge in [0, 0.05) is 12.6 Å². The molecule has 0 heterocycles. The summed E-state index contributed by atoms with van der Waals surface area (Å²) in [5.41, 5.74) is -0.537. The Morgan fingerprint density at radius 2 is 2.00 bits per heavy atom. The Morgan fingerprint density at radius 3 is 2.31 bits per heavy atom. The molecule has 1 unspecified atom stereocenters. The number of likely N-dealkylation sites (N-methyl/N-ethyl adjacent to an activating group) is 1. The van der Waals surface area contributed by atoms with Crippen molar-refractivity contribution >= 4 is 0 Å². The fourth-order valence-electron chi connectivity index (χ4n) is 1.64. The highest BCUT2D eigenvalue weighted by Crippen LogP contribution is 2.26. The maximum absolute atomic E-state index is 10.1. The molecule has 1 aliphatic carbocycles. The van der Waals surface area contributed by atoms with Crippen LogP contribution in [0.5, 0.6) is 0 Å². The molecule has 1 aliphatic rings. The van der Waals surface area contributed by atoms with Crippen LogP contribution in [0.4, 0.5) is 0 Å². The second-order valence-corrected chi connectivity index (χ2v) is 5.01. The molecule has 78 valence electrons. The van der Waals surface area contributed by atoms with E-state index in [1.807, 2.05) is 6.92 Å². The van der Waals surface area contributed by atoms with E-state index in [-0.39, 0.29) is 0 Å². The molecule has 1 saturated carbocycles. The van der Waals surface area contributed by atoms with Gasteiger partial charge in [0.05, 0.1) is 5.60 Å². The lowest BCUT2D eigenvalue weighted by Gasteiger charge is -2.40. The van der Waals surface area contributed by atoms with Gasteiger partial charge in [0.15, 0.2) is 0 Å². The molecular weight excluding hydrogens is 162 g/mol. The molecule has 0 aromatic rings. The van der Waals surface area contributed by atoms with Crippen molar-refractivity contribution < 1.29 is 5.11 Å². The molecule has 1 rings (SSSR count). The summed E-state index contributed by atoms with van der Waals surface area (Å²) in [5, 5.41) is 10.1. The van der Waals surface area contributed by atoms with Crippen molar-refractivity contribution in [1.82, 2.24) is 4.90 Å². The van der Waals surface area contributed by atoms with Crippen LogP contribution in [-0.4, -0.2) is 35.2 Å². The first-order chi connectivity index (χ1) is 5.93. The van der Waals surface area contributed by atoms with Crippen LogP contribution in [0.1, 0.15) is 40.0 Å². The van der Waals surface area contributed by atoms with Crippen LogP contribution in [-0.2, 0) is 0 Å². The van der Waals surface area contributed by atoms with Crippen molar-refractivity contribution in [3.05, 3.63) is 0 Å². The van der Waals surface area contributed by atoms with E-state index in [0.717, 1.165) is 12.6 Å². The van der Waals surface area contributed by atoms with E-state index in [9.17, 15) is 5.11 Å². The summed E-state index contributed by atoms with van der Waals surface area (Å²) in [7, 11) is 2.13. The smallest absolute Gasteiger partial charge is 0.0768 e. The highest BCUT2D eigenvalue weighted by molar-refractivity contribution is 4.85. The maximum atomic E-state index is 10.1. The van der Waals surface area contributed by atoms with Gasteiger partial charge in [-0.2, -0.15) is 0 Å². The van der Waals surface area contributed by atoms with Gasteiger partial charge >= 0.3 is 0 Å². The second kappa shape index (κ2) is 3.97. The van der Waals surface area contributed by atoms with Crippen molar-refractivity contribution in [2.24, 2.45) is 5.92 Å². The van der Waals surface area contributed by atoms with Crippen molar-refractivity contribution in [1.29, 1.82) is 0 Å². The van der Waals surface area contributed by atoms with Gasteiger partial charge in [0.2, 0.25) is 0 Å². The van der Waals surface area contributed by atoms with Gasteiger partial charge in [-0.15, -0.1) is 0 Å². The summed E-state index contributed by atoms with van der Waals surface area (Å²) in [6.07, 6.45) is 3.98. The zero-order chi connectivity index (χ0) is 10.1. The summed E-state index contributed by atoms with van der Waals surface area (Å²) in [6, 6.07) is 0.727. The summed E-state index contributed by atoms with van der Waals surface area (Å²) in [6.45, 7) is 6.89. The largest absolute Gasteiger partial charge is 0.389 e. The molecule has 2 heteroatoms. The average Bonchev–Trinajstić information content (AvgIpc) is 1.80. The van der Waals surface area contributed by atoms with Crippen LogP contribution in [0.25, 0.3) is 0 Å². The minimum absolute atomic E-state index is 0.329. The van der Waals surface area contributed by atoms with E-state index < -0.39 is 5.60 Å². The monoisotopic (exact) mass is 185 g/mol. The fourth-order valence-corrected chi connectivity index (χ4v) is 1.64. The number of hydrogen-bond acceptors (Lipinski definition) is 2. The molecule has 0 saturated heterocycles. The van der Waals surface area contributed by atoms with Crippen molar-refractivity contribution in [2.45, 2.75) is 51.7 Å². The molecule has 0 aliphatic heterocycles. The molecular formula is C11H23NO.